The molecule has 1 aromatic rings. The van der Waals surface area contributed by atoms with Gasteiger partial charge in [-0.05, 0) is 18.6 Å². The highest BCUT2D eigenvalue weighted by atomic mass is 32.2. The molecule has 0 saturated heterocycles. The Morgan fingerprint density at radius 3 is 2.50 bits per heavy atom. The van der Waals surface area contributed by atoms with E-state index in [1.807, 2.05) is 0 Å². The highest BCUT2D eigenvalue weighted by Gasteiger charge is 2.31. The van der Waals surface area contributed by atoms with Crippen LogP contribution < -0.4 is 14.4 Å². The second kappa shape index (κ2) is 9.50. The maximum Gasteiger partial charge on any atom is 0.243 e. The first-order valence-electron chi connectivity index (χ1n) is 8.54. The summed E-state index contributed by atoms with van der Waals surface area (Å²) < 4.78 is 31.3. The van der Waals surface area contributed by atoms with E-state index in [-0.39, 0.29) is 10.7 Å². The first-order chi connectivity index (χ1) is 12.0. The smallest absolute Gasteiger partial charge is 0.243 e. The molecule has 1 N–H and O–H groups in total. The van der Waals surface area contributed by atoms with Crippen molar-refractivity contribution >= 4 is 33.4 Å². The number of hydrogen-bond donors (Lipinski definition) is 1. The summed E-state index contributed by atoms with van der Waals surface area (Å²) in [5, 5.41) is 2.86. The minimum absolute atomic E-state index is 0.119. The summed E-state index contributed by atoms with van der Waals surface area (Å²) in [5.74, 6) is 1.01. The third kappa shape index (κ3) is 7.07. The van der Waals surface area contributed by atoms with Crippen LogP contribution in [-0.2, 0) is 14.8 Å². The average Bonchev–Trinajstić information content (AvgIpc) is 2.54. The molecule has 0 saturated carbocycles. The van der Waals surface area contributed by atoms with Crippen LogP contribution in [0.1, 0.15) is 34.1 Å². The standard InChI is InChI=1S/C18H30N2O4S2/c1-7-16(17(21)19-11-12-25-18(2,3)4)20(26(6,22)23)14-9-8-10-15(13-14)24-5/h8-10,13,16H,7,11-12H2,1-6H3,(H,19,21). The molecule has 148 valence electrons. The summed E-state index contributed by atoms with van der Waals surface area (Å²) in [6.07, 6.45) is 1.47. The summed E-state index contributed by atoms with van der Waals surface area (Å²) in [6, 6.07) is 5.91. The first-order valence-corrected chi connectivity index (χ1v) is 11.4. The predicted molar refractivity (Wildman–Crippen MR) is 110 cm³/mol. The zero-order chi connectivity index (χ0) is 20.0. The summed E-state index contributed by atoms with van der Waals surface area (Å²) in [4.78, 5) is 12.7. The Morgan fingerprint density at radius 2 is 2.00 bits per heavy atom. The number of hydrogen-bond acceptors (Lipinski definition) is 5. The fourth-order valence-electron chi connectivity index (χ4n) is 2.46. The zero-order valence-corrected chi connectivity index (χ0v) is 18.0. The summed E-state index contributed by atoms with van der Waals surface area (Å²) >= 11 is 1.75. The van der Waals surface area contributed by atoms with E-state index in [4.69, 9.17) is 4.74 Å². The molecule has 1 rings (SSSR count). The van der Waals surface area contributed by atoms with Crippen molar-refractivity contribution in [2.45, 2.75) is 44.9 Å². The van der Waals surface area contributed by atoms with E-state index in [0.29, 0.717) is 24.4 Å². The molecular weight excluding hydrogens is 372 g/mol. The van der Waals surface area contributed by atoms with Crippen LogP contribution in [0.5, 0.6) is 5.75 Å². The second-order valence-electron chi connectivity index (χ2n) is 6.94. The van der Waals surface area contributed by atoms with Gasteiger partial charge in [0.1, 0.15) is 11.8 Å². The molecule has 8 heteroatoms. The molecule has 0 bridgehead atoms. The van der Waals surface area contributed by atoms with Crippen molar-refractivity contribution in [3.8, 4) is 5.75 Å². The number of carbonyl (C=O) groups is 1. The lowest BCUT2D eigenvalue weighted by molar-refractivity contribution is -0.122. The number of methoxy groups -OCH3 is 1. The largest absolute Gasteiger partial charge is 0.497 e. The number of carbonyl (C=O) groups excluding carboxylic acids is 1. The van der Waals surface area contributed by atoms with Gasteiger partial charge in [0.25, 0.3) is 0 Å². The predicted octanol–water partition coefficient (Wildman–Crippen LogP) is 2.89. The van der Waals surface area contributed by atoms with E-state index in [1.165, 1.54) is 11.4 Å². The van der Waals surface area contributed by atoms with Crippen LogP contribution >= 0.6 is 11.8 Å². The zero-order valence-electron chi connectivity index (χ0n) is 16.4. The van der Waals surface area contributed by atoms with Crippen LogP contribution in [0.3, 0.4) is 0 Å². The first kappa shape index (κ1) is 22.6. The Bertz CT molecular complexity index is 699. The Kier molecular flexibility index (Phi) is 8.27. The lowest BCUT2D eigenvalue weighted by Gasteiger charge is -2.30. The van der Waals surface area contributed by atoms with Crippen molar-refractivity contribution in [3.05, 3.63) is 24.3 Å². The van der Waals surface area contributed by atoms with Gasteiger partial charge in [-0.25, -0.2) is 8.42 Å². The Morgan fingerprint density at radius 1 is 1.35 bits per heavy atom. The van der Waals surface area contributed by atoms with Crippen molar-refractivity contribution in [2.24, 2.45) is 0 Å². The van der Waals surface area contributed by atoms with Gasteiger partial charge in [-0.1, -0.05) is 33.8 Å². The average molecular weight is 403 g/mol. The van der Waals surface area contributed by atoms with E-state index in [0.717, 1.165) is 12.0 Å². The van der Waals surface area contributed by atoms with Crippen molar-refractivity contribution in [3.63, 3.8) is 0 Å². The quantitative estimate of drug-likeness (QED) is 0.643. The third-order valence-electron chi connectivity index (χ3n) is 3.57. The van der Waals surface area contributed by atoms with Crippen LogP contribution in [0.25, 0.3) is 0 Å². The van der Waals surface area contributed by atoms with E-state index in [9.17, 15) is 13.2 Å². The Hall–Kier alpha value is -1.41. The number of ether oxygens (including phenoxy) is 1. The minimum atomic E-state index is -3.64. The molecule has 0 aliphatic carbocycles. The molecule has 1 atom stereocenters. The van der Waals surface area contributed by atoms with Gasteiger partial charge in [0.15, 0.2) is 0 Å². The van der Waals surface area contributed by atoms with Gasteiger partial charge in [0, 0.05) is 23.1 Å². The fourth-order valence-corrected chi connectivity index (χ4v) is 4.48. The summed E-state index contributed by atoms with van der Waals surface area (Å²) in [6.45, 7) is 8.63. The fraction of sp³-hybridized carbons (Fsp3) is 0.611. The summed E-state index contributed by atoms with van der Waals surface area (Å²) in [7, 11) is -2.13. The molecule has 1 amide bonds. The van der Waals surface area contributed by atoms with Crippen molar-refractivity contribution in [2.75, 3.05) is 30.0 Å². The van der Waals surface area contributed by atoms with E-state index < -0.39 is 16.1 Å². The number of benzene rings is 1. The molecule has 0 aromatic heterocycles. The molecule has 1 unspecified atom stereocenters. The number of nitrogens with zero attached hydrogens (tertiary/aromatic N) is 1. The monoisotopic (exact) mass is 402 g/mol. The molecule has 6 nitrogen and oxygen atoms in total. The van der Waals surface area contributed by atoms with Gasteiger partial charge < -0.3 is 10.1 Å². The van der Waals surface area contributed by atoms with Crippen molar-refractivity contribution in [1.82, 2.24) is 5.32 Å². The van der Waals surface area contributed by atoms with E-state index in [2.05, 4.69) is 26.1 Å². The Balaban J connectivity index is 2.98. The number of rotatable bonds is 9. The lowest BCUT2D eigenvalue weighted by Crippen LogP contribution is -2.49. The van der Waals surface area contributed by atoms with Gasteiger partial charge in [-0.2, -0.15) is 11.8 Å². The number of thioether (sulfide) groups is 1. The minimum Gasteiger partial charge on any atom is -0.497 e. The Labute approximate surface area is 161 Å². The third-order valence-corrected chi connectivity index (χ3v) is 6.03. The molecule has 0 radical (unpaired) electrons. The molecule has 0 aliphatic heterocycles. The molecule has 1 aromatic carbocycles. The van der Waals surface area contributed by atoms with Crippen LogP contribution in [-0.4, -0.2) is 50.8 Å². The van der Waals surface area contributed by atoms with Crippen LogP contribution in [0, 0.1) is 0 Å². The van der Waals surface area contributed by atoms with Gasteiger partial charge >= 0.3 is 0 Å². The SMILES string of the molecule is CCC(C(=O)NCCSC(C)(C)C)N(c1cccc(OC)c1)S(C)(=O)=O. The maximum atomic E-state index is 12.7. The van der Waals surface area contributed by atoms with Crippen molar-refractivity contribution in [1.29, 1.82) is 0 Å². The number of anilines is 1. The van der Waals surface area contributed by atoms with E-state index in [1.54, 1.807) is 43.0 Å². The van der Waals surface area contributed by atoms with Gasteiger partial charge in [0.05, 0.1) is 19.1 Å². The van der Waals surface area contributed by atoms with Gasteiger partial charge in [-0.15, -0.1) is 0 Å². The van der Waals surface area contributed by atoms with Crippen LogP contribution in [0.4, 0.5) is 5.69 Å². The number of sulfonamides is 1. The van der Waals surface area contributed by atoms with Gasteiger partial charge in [0.2, 0.25) is 15.9 Å². The topological polar surface area (TPSA) is 75.7 Å². The lowest BCUT2D eigenvalue weighted by atomic mass is 10.2. The normalized spacial score (nSPS) is 13.2. The highest BCUT2D eigenvalue weighted by molar-refractivity contribution is 8.00. The maximum absolute atomic E-state index is 12.7. The molecule has 0 aliphatic rings. The molecular formula is C18H30N2O4S2. The molecule has 0 spiro atoms. The molecule has 0 fully saturated rings. The van der Waals surface area contributed by atoms with Crippen molar-refractivity contribution < 1.29 is 17.9 Å². The van der Waals surface area contributed by atoms with Gasteiger partial charge in [-0.3, -0.25) is 9.10 Å². The van der Waals surface area contributed by atoms with Crippen LogP contribution in [0.15, 0.2) is 24.3 Å². The highest BCUT2D eigenvalue weighted by Crippen LogP contribution is 2.26. The van der Waals surface area contributed by atoms with E-state index >= 15 is 0 Å². The second-order valence-corrected chi connectivity index (χ2v) is 10.7. The number of nitrogens with one attached hydrogen (secondary N) is 1. The summed E-state index contributed by atoms with van der Waals surface area (Å²) in [5.41, 5.74) is 0.415. The molecule has 0 heterocycles. The number of amides is 1. The van der Waals surface area contributed by atoms with Crippen LogP contribution in [0.2, 0.25) is 0 Å². The molecule has 26 heavy (non-hydrogen) atoms.